The fraction of sp³-hybridized carbons (Fsp3) is 0.105. The van der Waals surface area contributed by atoms with Crippen LogP contribution in [0.2, 0.25) is 0 Å². The van der Waals surface area contributed by atoms with E-state index < -0.39 is 0 Å². The molecule has 3 nitrogen and oxygen atoms in total. The molecule has 2 aromatic heterocycles. The van der Waals surface area contributed by atoms with Crippen molar-refractivity contribution in [2.75, 3.05) is 0 Å². The highest BCUT2D eigenvalue weighted by atomic mass is 14.9. The number of nitrogens with zero attached hydrogens (tertiary/aromatic N) is 1. The Labute approximate surface area is 129 Å². The zero-order chi connectivity index (χ0) is 14.8. The summed E-state index contributed by atoms with van der Waals surface area (Å²) >= 11 is 0. The Kier molecular flexibility index (Phi) is 3.24. The van der Waals surface area contributed by atoms with Crippen LogP contribution >= 0.6 is 0 Å². The number of benzene rings is 2. The first-order valence-electron chi connectivity index (χ1n) is 7.54. The first-order valence-corrected chi connectivity index (χ1v) is 7.54. The number of para-hydroxylation sites is 1. The SMILES string of the molecule is c1ccc(-c2cnc(CCc3c[nH]c4ccccc34)[nH]2)cc1. The number of aryl methyl sites for hydroxylation is 2. The first-order chi connectivity index (χ1) is 10.9. The van der Waals surface area contributed by atoms with Crippen LogP contribution in [0, 0.1) is 0 Å². The molecule has 0 spiro atoms. The number of aromatic amines is 2. The molecule has 0 radical (unpaired) electrons. The summed E-state index contributed by atoms with van der Waals surface area (Å²) in [6.45, 7) is 0. The number of nitrogens with one attached hydrogen (secondary N) is 2. The van der Waals surface area contributed by atoms with Gasteiger partial charge in [-0.05, 0) is 23.6 Å². The lowest BCUT2D eigenvalue weighted by Gasteiger charge is -1.98. The Morgan fingerprint density at radius 3 is 2.59 bits per heavy atom. The summed E-state index contributed by atoms with van der Waals surface area (Å²) in [7, 11) is 0. The lowest BCUT2D eigenvalue weighted by molar-refractivity contribution is 0.890. The van der Waals surface area contributed by atoms with Crippen molar-refractivity contribution in [3.63, 3.8) is 0 Å². The van der Waals surface area contributed by atoms with Crippen molar-refractivity contribution < 1.29 is 0 Å². The molecular weight excluding hydrogens is 270 g/mol. The number of aromatic nitrogens is 3. The monoisotopic (exact) mass is 287 g/mol. The van der Waals surface area contributed by atoms with Crippen LogP contribution in [0.5, 0.6) is 0 Å². The van der Waals surface area contributed by atoms with E-state index in [0.717, 1.165) is 24.4 Å². The van der Waals surface area contributed by atoms with E-state index in [4.69, 9.17) is 0 Å². The second-order valence-electron chi connectivity index (χ2n) is 5.47. The van der Waals surface area contributed by atoms with Gasteiger partial charge in [0.05, 0.1) is 11.9 Å². The molecule has 0 aliphatic heterocycles. The lowest BCUT2D eigenvalue weighted by Crippen LogP contribution is -1.92. The zero-order valence-electron chi connectivity index (χ0n) is 12.2. The summed E-state index contributed by atoms with van der Waals surface area (Å²) in [6, 6.07) is 18.7. The maximum atomic E-state index is 4.51. The van der Waals surface area contributed by atoms with Crippen LogP contribution in [0.25, 0.3) is 22.2 Å². The van der Waals surface area contributed by atoms with E-state index in [2.05, 4.69) is 57.5 Å². The summed E-state index contributed by atoms with van der Waals surface area (Å²) in [5.41, 5.74) is 4.79. The van der Waals surface area contributed by atoms with Crippen LogP contribution in [-0.4, -0.2) is 15.0 Å². The summed E-state index contributed by atoms with van der Waals surface area (Å²) in [5.74, 6) is 1.03. The summed E-state index contributed by atoms with van der Waals surface area (Å²) in [5, 5.41) is 1.30. The maximum Gasteiger partial charge on any atom is 0.106 e. The number of H-pyrrole nitrogens is 2. The number of imidazole rings is 1. The highest BCUT2D eigenvalue weighted by Crippen LogP contribution is 2.20. The van der Waals surface area contributed by atoms with Crippen molar-refractivity contribution in [3.8, 4) is 11.3 Å². The van der Waals surface area contributed by atoms with E-state index in [9.17, 15) is 0 Å². The van der Waals surface area contributed by atoms with Gasteiger partial charge in [0.25, 0.3) is 0 Å². The van der Waals surface area contributed by atoms with Crippen LogP contribution in [0.15, 0.2) is 67.0 Å². The van der Waals surface area contributed by atoms with E-state index in [-0.39, 0.29) is 0 Å². The molecule has 22 heavy (non-hydrogen) atoms. The molecule has 0 unspecified atom stereocenters. The van der Waals surface area contributed by atoms with Gasteiger partial charge in [-0.1, -0.05) is 48.5 Å². The Balaban J connectivity index is 1.52. The normalized spacial score (nSPS) is 11.1. The van der Waals surface area contributed by atoms with Crippen molar-refractivity contribution >= 4 is 10.9 Å². The molecule has 0 fully saturated rings. The van der Waals surface area contributed by atoms with Crippen molar-refractivity contribution in [1.82, 2.24) is 15.0 Å². The summed E-state index contributed by atoms with van der Waals surface area (Å²) in [6.07, 6.45) is 5.91. The molecule has 0 aliphatic rings. The minimum atomic E-state index is 0.911. The second kappa shape index (κ2) is 5.53. The van der Waals surface area contributed by atoms with Crippen molar-refractivity contribution in [3.05, 3.63) is 78.4 Å². The molecule has 108 valence electrons. The minimum absolute atomic E-state index is 0.911. The van der Waals surface area contributed by atoms with Crippen LogP contribution in [-0.2, 0) is 12.8 Å². The van der Waals surface area contributed by atoms with Gasteiger partial charge in [-0.2, -0.15) is 0 Å². The van der Waals surface area contributed by atoms with E-state index in [0.29, 0.717) is 0 Å². The third-order valence-corrected chi connectivity index (χ3v) is 4.02. The van der Waals surface area contributed by atoms with Gasteiger partial charge >= 0.3 is 0 Å². The smallest absolute Gasteiger partial charge is 0.106 e. The van der Waals surface area contributed by atoms with Gasteiger partial charge in [-0.15, -0.1) is 0 Å². The fourth-order valence-electron chi connectivity index (χ4n) is 2.85. The van der Waals surface area contributed by atoms with Gasteiger partial charge in [0.1, 0.15) is 5.82 Å². The third-order valence-electron chi connectivity index (χ3n) is 4.02. The topological polar surface area (TPSA) is 44.5 Å². The highest BCUT2D eigenvalue weighted by molar-refractivity contribution is 5.83. The standard InChI is InChI=1S/C19H17N3/c1-2-6-14(7-3-1)18-13-21-19(22-18)11-10-15-12-20-17-9-5-4-8-16(15)17/h1-9,12-13,20H,10-11H2,(H,21,22). The number of fused-ring (bicyclic) bond motifs is 1. The maximum absolute atomic E-state index is 4.51. The van der Waals surface area contributed by atoms with Crippen molar-refractivity contribution in [2.45, 2.75) is 12.8 Å². The Bertz CT molecular complexity index is 887. The van der Waals surface area contributed by atoms with Crippen LogP contribution < -0.4 is 0 Å². The molecular formula is C19H17N3. The van der Waals surface area contributed by atoms with Crippen LogP contribution in [0.1, 0.15) is 11.4 Å². The van der Waals surface area contributed by atoms with E-state index in [1.165, 1.54) is 22.0 Å². The average Bonchev–Trinajstić information content (AvgIpc) is 3.21. The van der Waals surface area contributed by atoms with Crippen molar-refractivity contribution in [1.29, 1.82) is 0 Å². The lowest BCUT2D eigenvalue weighted by atomic mass is 10.1. The molecule has 0 amide bonds. The summed E-state index contributed by atoms with van der Waals surface area (Å²) < 4.78 is 0. The highest BCUT2D eigenvalue weighted by Gasteiger charge is 2.06. The minimum Gasteiger partial charge on any atom is -0.361 e. The predicted octanol–water partition coefficient (Wildman–Crippen LogP) is 4.34. The van der Waals surface area contributed by atoms with Crippen molar-refractivity contribution in [2.24, 2.45) is 0 Å². The molecule has 0 bridgehead atoms. The van der Waals surface area contributed by atoms with Gasteiger partial charge in [0.2, 0.25) is 0 Å². The largest absolute Gasteiger partial charge is 0.361 e. The number of rotatable bonds is 4. The molecule has 0 saturated heterocycles. The third kappa shape index (κ3) is 2.42. The van der Waals surface area contributed by atoms with Crippen LogP contribution in [0.4, 0.5) is 0 Å². The molecule has 2 heterocycles. The summed E-state index contributed by atoms with van der Waals surface area (Å²) in [4.78, 5) is 11.2. The van der Waals surface area contributed by atoms with E-state index in [1.807, 2.05) is 24.4 Å². The molecule has 3 heteroatoms. The zero-order valence-corrected chi connectivity index (χ0v) is 12.2. The molecule has 2 N–H and O–H groups in total. The predicted molar refractivity (Wildman–Crippen MR) is 89.7 cm³/mol. The van der Waals surface area contributed by atoms with E-state index in [1.54, 1.807) is 0 Å². The molecule has 0 saturated carbocycles. The number of hydrogen-bond donors (Lipinski definition) is 2. The Morgan fingerprint density at radius 2 is 1.68 bits per heavy atom. The van der Waals surface area contributed by atoms with Gasteiger partial charge in [0, 0.05) is 23.5 Å². The molecule has 0 atom stereocenters. The molecule has 4 aromatic rings. The van der Waals surface area contributed by atoms with Crippen LogP contribution in [0.3, 0.4) is 0 Å². The second-order valence-corrected chi connectivity index (χ2v) is 5.47. The quantitative estimate of drug-likeness (QED) is 0.576. The Hall–Kier alpha value is -2.81. The average molecular weight is 287 g/mol. The van der Waals surface area contributed by atoms with Gasteiger partial charge in [-0.25, -0.2) is 4.98 Å². The van der Waals surface area contributed by atoms with E-state index >= 15 is 0 Å². The van der Waals surface area contributed by atoms with Gasteiger partial charge < -0.3 is 9.97 Å². The molecule has 0 aliphatic carbocycles. The Morgan fingerprint density at radius 1 is 0.864 bits per heavy atom. The molecule has 4 rings (SSSR count). The van der Waals surface area contributed by atoms with Gasteiger partial charge in [-0.3, -0.25) is 0 Å². The number of hydrogen-bond acceptors (Lipinski definition) is 1. The fourth-order valence-corrected chi connectivity index (χ4v) is 2.85. The molecule has 2 aromatic carbocycles. The van der Waals surface area contributed by atoms with Gasteiger partial charge in [0.15, 0.2) is 0 Å². The first kappa shape index (κ1) is 12.9.